The van der Waals surface area contributed by atoms with Crippen LogP contribution in [0.15, 0.2) is 29.4 Å². The summed E-state index contributed by atoms with van der Waals surface area (Å²) in [6, 6.07) is 6.70. The zero-order valence-electron chi connectivity index (χ0n) is 9.51. The first-order valence-electron chi connectivity index (χ1n) is 5.07. The summed E-state index contributed by atoms with van der Waals surface area (Å²) >= 11 is 4.75. The Labute approximate surface area is 108 Å². The Balaban J connectivity index is 2.54. The lowest BCUT2D eigenvalue weighted by molar-refractivity contribution is -0.114. The first-order valence-corrected chi connectivity index (χ1v) is 5.48. The van der Waals surface area contributed by atoms with Gasteiger partial charge in [-0.2, -0.15) is 5.10 Å². The van der Waals surface area contributed by atoms with Crippen LogP contribution >= 0.6 is 12.2 Å². The van der Waals surface area contributed by atoms with Gasteiger partial charge >= 0.3 is 0 Å². The minimum absolute atomic E-state index is 0.0321. The van der Waals surface area contributed by atoms with Crippen LogP contribution in [0.3, 0.4) is 0 Å². The van der Waals surface area contributed by atoms with Gasteiger partial charge in [0.2, 0.25) is 0 Å². The molecule has 1 aromatic carbocycles. The quantitative estimate of drug-likeness (QED) is 0.417. The molecule has 18 heavy (non-hydrogen) atoms. The Hall–Kier alpha value is -2.28. The highest BCUT2D eigenvalue weighted by atomic mass is 32.1. The molecule has 0 bridgehead atoms. The van der Waals surface area contributed by atoms with Crippen LogP contribution in [0.1, 0.15) is 15.9 Å². The molecule has 0 radical (unpaired) electrons. The average molecular weight is 262 g/mol. The lowest BCUT2D eigenvalue weighted by Gasteiger charge is -2.19. The Morgan fingerprint density at radius 3 is 2.50 bits per heavy atom. The number of nitrogens with two attached hydrogens (primary N) is 1. The van der Waals surface area contributed by atoms with Crippen LogP contribution in [0.2, 0.25) is 0 Å². The second-order valence-electron chi connectivity index (χ2n) is 3.64. The first kappa shape index (κ1) is 12.2. The van der Waals surface area contributed by atoms with Gasteiger partial charge in [0, 0.05) is 18.2 Å². The van der Waals surface area contributed by atoms with Gasteiger partial charge in [-0.05, 0) is 18.3 Å². The molecule has 2 amide bonds. The van der Waals surface area contributed by atoms with Crippen molar-refractivity contribution >= 4 is 34.9 Å². The maximum absolute atomic E-state index is 11.8. The van der Waals surface area contributed by atoms with Crippen LogP contribution < -0.4 is 11.1 Å². The molecule has 0 aliphatic carbocycles. The highest BCUT2D eigenvalue weighted by Crippen LogP contribution is 2.15. The summed E-state index contributed by atoms with van der Waals surface area (Å²) in [5.41, 5.74) is 6.37. The van der Waals surface area contributed by atoms with Crippen molar-refractivity contribution in [1.29, 1.82) is 0 Å². The number of benzene rings is 1. The number of amides is 2. The summed E-state index contributed by atoms with van der Waals surface area (Å²) in [7, 11) is 1.53. The number of imide groups is 1. The number of nitrogens with zero attached hydrogens (tertiary/aromatic N) is 2. The van der Waals surface area contributed by atoms with Gasteiger partial charge in [-0.1, -0.05) is 18.2 Å². The molecule has 0 saturated carbocycles. The monoisotopic (exact) mass is 262 g/mol. The molecule has 92 valence electrons. The van der Waals surface area contributed by atoms with Gasteiger partial charge in [0.15, 0.2) is 10.8 Å². The van der Waals surface area contributed by atoms with Crippen molar-refractivity contribution in [2.45, 2.75) is 0 Å². The van der Waals surface area contributed by atoms with E-state index in [1.54, 1.807) is 24.3 Å². The molecule has 6 nitrogen and oxygen atoms in total. The maximum Gasteiger partial charge on any atom is 0.279 e. The van der Waals surface area contributed by atoms with Crippen LogP contribution in [0.5, 0.6) is 0 Å². The molecule has 2 rings (SSSR count). The van der Waals surface area contributed by atoms with E-state index in [4.69, 9.17) is 18.0 Å². The smallest absolute Gasteiger partial charge is 0.279 e. The van der Waals surface area contributed by atoms with E-state index in [9.17, 15) is 9.59 Å². The van der Waals surface area contributed by atoms with E-state index < -0.39 is 11.8 Å². The largest absolute Gasteiger partial charge is 0.375 e. The van der Waals surface area contributed by atoms with E-state index >= 15 is 0 Å². The van der Waals surface area contributed by atoms with Gasteiger partial charge < -0.3 is 5.73 Å². The third-order valence-corrected chi connectivity index (χ3v) is 2.70. The average Bonchev–Trinajstić information content (AvgIpc) is 2.34. The van der Waals surface area contributed by atoms with Gasteiger partial charge in [0.1, 0.15) is 0 Å². The molecule has 1 heterocycles. The molecule has 7 heteroatoms. The van der Waals surface area contributed by atoms with E-state index in [1.807, 2.05) is 0 Å². The van der Waals surface area contributed by atoms with Crippen LogP contribution in [-0.4, -0.2) is 34.7 Å². The van der Waals surface area contributed by atoms with E-state index in [-0.39, 0.29) is 10.8 Å². The fourth-order valence-electron chi connectivity index (χ4n) is 1.54. The van der Waals surface area contributed by atoms with Crippen molar-refractivity contribution < 1.29 is 9.59 Å². The summed E-state index contributed by atoms with van der Waals surface area (Å²) in [6.07, 6.45) is 0. The number of hydrogen-bond donors (Lipinski definition) is 2. The molecule has 1 aliphatic rings. The Kier molecular flexibility index (Phi) is 3.07. The van der Waals surface area contributed by atoms with Gasteiger partial charge in [0.25, 0.3) is 11.8 Å². The zero-order valence-corrected chi connectivity index (χ0v) is 10.3. The molecule has 0 spiro atoms. The van der Waals surface area contributed by atoms with Crippen LogP contribution in [0.4, 0.5) is 0 Å². The van der Waals surface area contributed by atoms with Crippen molar-refractivity contribution in [2.75, 3.05) is 7.05 Å². The number of hydrogen-bond acceptors (Lipinski definition) is 4. The van der Waals surface area contributed by atoms with Gasteiger partial charge in [-0.3, -0.25) is 14.9 Å². The standard InChI is InChI=1S/C11H10N4O2S/c1-15(11(12)18)14-8-6-4-2-3-5-7(6)9(16)13-10(8)17/h2-5H,1H3,(H2,12,18)(H,13,16,17). The third kappa shape index (κ3) is 2.07. The van der Waals surface area contributed by atoms with E-state index in [1.165, 1.54) is 12.1 Å². The first-order chi connectivity index (χ1) is 8.50. The van der Waals surface area contributed by atoms with Crippen LogP contribution in [-0.2, 0) is 4.79 Å². The number of carbonyl (C=O) groups excluding carboxylic acids is 2. The topological polar surface area (TPSA) is 87.8 Å². The Morgan fingerprint density at radius 1 is 1.28 bits per heavy atom. The second-order valence-corrected chi connectivity index (χ2v) is 4.06. The minimum Gasteiger partial charge on any atom is -0.375 e. The van der Waals surface area contributed by atoms with Crippen LogP contribution in [0.25, 0.3) is 0 Å². The van der Waals surface area contributed by atoms with Crippen molar-refractivity contribution in [3.8, 4) is 0 Å². The fraction of sp³-hybridized carbons (Fsp3) is 0.0909. The number of fused-ring (bicyclic) bond motifs is 1. The van der Waals surface area contributed by atoms with Crippen molar-refractivity contribution in [2.24, 2.45) is 10.8 Å². The highest BCUT2D eigenvalue weighted by Gasteiger charge is 2.28. The predicted octanol–water partition coefficient (Wildman–Crippen LogP) is -0.164. The molecule has 3 N–H and O–H groups in total. The van der Waals surface area contributed by atoms with Gasteiger partial charge in [-0.15, -0.1) is 0 Å². The van der Waals surface area contributed by atoms with Crippen LogP contribution in [0, 0.1) is 0 Å². The summed E-state index contributed by atoms with van der Waals surface area (Å²) < 4.78 is 0. The Morgan fingerprint density at radius 2 is 1.89 bits per heavy atom. The fourth-order valence-corrected chi connectivity index (χ4v) is 1.58. The summed E-state index contributed by atoms with van der Waals surface area (Å²) in [5.74, 6) is -1.01. The van der Waals surface area contributed by atoms with E-state index in [2.05, 4.69) is 10.4 Å². The lowest BCUT2D eigenvalue weighted by atomic mass is 9.98. The molecule has 1 aromatic rings. The zero-order chi connectivity index (χ0) is 13.3. The second kappa shape index (κ2) is 4.53. The van der Waals surface area contributed by atoms with Gasteiger partial charge in [0.05, 0.1) is 0 Å². The number of carbonyl (C=O) groups is 2. The molecule has 0 fully saturated rings. The molecule has 0 atom stereocenters. The Bertz CT molecular complexity index is 582. The normalized spacial score (nSPS) is 16.2. The summed E-state index contributed by atoms with van der Waals surface area (Å²) in [4.78, 5) is 23.4. The maximum atomic E-state index is 11.8. The summed E-state index contributed by atoms with van der Waals surface area (Å²) in [5, 5.41) is 7.46. The molecular formula is C11H10N4O2S. The molecule has 1 aliphatic heterocycles. The van der Waals surface area contributed by atoms with Crippen molar-refractivity contribution in [1.82, 2.24) is 10.3 Å². The number of hydrazone groups is 1. The van der Waals surface area contributed by atoms with E-state index in [0.29, 0.717) is 11.1 Å². The minimum atomic E-state index is -0.568. The highest BCUT2D eigenvalue weighted by molar-refractivity contribution is 7.80. The lowest BCUT2D eigenvalue weighted by Crippen LogP contribution is -2.44. The van der Waals surface area contributed by atoms with E-state index in [0.717, 1.165) is 0 Å². The van der Waals surface area contributed by atoms with Crippen molar-refractivity contribution in [3.05, 3.63) is 35.4 Å². The van der Waals surface area contributed by atoms with Crippen molar-refractivity contribution in [3.63, 3.8) is 0 Å². The number of thiocarbonyl (C=S) groups is 1. The molecular weight excluding hydrogens is 252 g/mol. The SMILES string of the molecule is CN(N=C1C(=O)NC(=O)c2ccccc21)C(N)=S. The number of rotatable bonds is 1. The molecule has 0 aromatic heterocycles. The molecule has 0 unspecified atom stereocenters. The third-order valence-electron chi connectivity index (χ3n) is 2.44. The number of nitrogens with one attached hydrogen (secondary N) is 1. The summed E-state index contributed by atoms with van der Waals surface area (Å²) in [6.45, 7) is 0. The molecule has 0 saturated heterocycles. The van der Waals surface area contributed by atoms with Gasteiger partial charge in [-0.25, -0.2) is 5.01 Å². The predicted molar refractivity (Wildman–Crippen MR) is 70.0 cm³/mol.